The minimum absolute atomic E-state index is 0.0714. The number of rotatable bonds is 6. The molecule has 150 valence electrons. The summed E-state index contributed by atoms with van der Waals surface area (Å²) in [4.78, 5) is 12.4. The van der Waals surface area contributed by atoms with Crippen LogP contribution in [-0.4, -0.2) is 40.9 Å². The lowest BCUT2D eigenvalue weighted by Gasteiger charge is -2.20. The van der Waals surface area contributed by atoms with E-state index in [0.29, 0.717) is 41.0 Å². The standard InChI is InChI=1S/C18H19ClN2O6S/c1-25-15-10-12(3-4-14(15)21-28(2,23)24)20-17(22)9-11-7-13(19)18-16(8-11)26-5-6-27-18/h3-4,7-8,10,21H,5-6,9H2,1-2H3,(H,20,22). The molecule has 0 radical (unpaired) electrons. The van der Waals surface area contributed by atoms with Crippen molar-refractivity contribution in [1.29, 1.82) is 0 Å². The largest absolute Gasteiger partial charge is 0.494 e. The third kappa shape index (κ3) is 4.99. The Labute approximate surface area is 167 Å². The number of hydrogen-bond acceptors (Lipinski definition) is 6. The van der Waals surface area contributed by atoms with E-state index < -0.39 is 10.0 Å². The van der Waals surface area contributed by atoms with Crippen molar-refractivity contribution in [3.8, 4) is 17.2 Å². The van der Waals surface area contributed by atoms with Gasteiger partial charge < -0.3 is 19.5 Å². The smallest absolute Gasteiger partial charge is 0.229 e. The van der Waals surface area contributed by atoms with E-state index >= 15 is 0 Å². The highest BCUT2D eigenvalue weighted by molar-refractivity contribution is 7.92. The summed E-state index contributed by atoms with van der Waals surface area (Å²) < 4.78 is 41.3. The summed E-state index contributed by atoms with van der Waals surface area (Å²) in [6, 6.07) is 8.00. The maximum atomic E-state index is 12.4. The van der Waals surface area contributed by atoms with Crippen molar-refractivity contribution in [2.24, 2.45) is 0 Å². The third-order valence-corrected chi connectivity index (χ3v) is 4.67. The number of methoxy groups -OCH3 is 1. The summed E-state index contributed by atoms with van der Waals surface area (Å²) in [5, 5.41) is 3.13. The predicted octanol–water partition coefficient (Wildman–Crippen LogP) is 2.67. The normalized spacial score (nSPS) is 13.0. The average Bonchev–Trinajstić information content (AvgIpc) is 2.61. The molecule has 0 saturated heterocycles. The van der Waals surface area contributed by atoms with Gasteiger partial charge in [0.1, 0.15) is 19.0 Å². The van der Waals surface area contributed by atoms with Crippen LogP contribution in [0.25, 0.3) is 0 Å². The molecule has 2 N–H and O–H groups in total. The van der Waals surface area contributed by atoms with E-state index in [4.69, 9.17) is 25.8 Å². The molecule has 1 aliphatic rings. The van der Waals surface area contributed by atoms with Crippen molar-refractivity contribution in [1.82, 2.24) is 0 Å². The van der Waals surface area contributed by atoms with Gasteiger partial charge in [-0.2, -0.15) is 0 Å². The summed E-state index contributed by atoms with van der Waals surface area (Å²) in [7, 11) is -2.04. The molecule has 0 bridgehead atoms. The van der Waals surface area contributed by atoms with Crippen LogP contribution >= 0.6 is 11.6 Å². The van der Waals surface area contributed by atoms with Gasteiger partial charge in [0.15, 0.2) is 11.5 Å². The van der Waals surface area contributed by atoms with E-state index in [1.54, 1.807) is 18.2 Å². The van der Waals surface area contributed by atoms with Gasteiger partial charge in [-0.15, -0.1) is 0 Å². The first-order valence-corrected chi connectivity index (χ1v) is 10.6. The van der Waals surface area contributed by atoms with Crippen LogP contribution in [-0.2, 0) is 21.2 Å². The molecular weight excluding hydrogens is 408 g/mol. The van der Waals surface area contributed by atoms with E-state index in [9.17, 15) is 13.2 Å². The number of benzene rings is 2. The fraction of sp³-hybridized carbons (Fsp3) is 0.278. The summed E-state index contributed by atoms with van der Waals surface area (Å²) in [6.07, 6.45) is 1.11. The Balaban J connectivity index is 1.72. The Hall–Kier alpha value is -2.65. The molecule has 0 fully saturated rings. The van der Waals surface area contributed by atoms with Crippen LogP contribution < -0.4 is 24.2 Å². The van der Waals surface area contributed by atoms with Crippen molar-refractivity contribution < 1.29 is 27.4 Å². The van der Waals surface area contributed by atoms with Gasteiger partial charge in [-0.05, 0) is 29.8 Å². The molecule has 0 saturated carbocycles. The molecule has 1 heterocycles. The SMILES string of the molecule is COc1cc(NC(=O)Cc2cc(Cl)c3c(c2)OCCO3)ccc1NS(C)(=O)=O. The molecule has 3 rings (SSSR count). The molecule has 28 heavy (non-hydrogen) atoms. The van der Waals surface area contributed by atoms with Gasteiger partial charge in [-0.3, -0.25) is 9.52 Å². The minimum Gasteiger partial charge on any atom is -0.494 e. The monoisotopic (exact) mass is 426 g/mol. The van der Waals surface area contributed by atoms with Crippen LogP contribution in [0.15, 0.2) is 30.3 Å². The van der Waals surface area contributed by atoms with Gasteiger partial charge in [0, 0.05) is 11.8 Å². The molecule has 10 heteroatoms. The zero-order valence-electron chi connectivity index (χ0n) is 15.2. The second-order valence-electron chi connectivity index (χ2n) is 6.12. The lowest BCUT2D eigenvalue weighted by molar-refractivity contribution is -0.115. The van der Waals surface area contributed by atoms with E-state index in [2.05, 4.69) is 10.0 Å². The van der Waals surface area contributed by atoms with E-state index in [1.165, 1.54) is 19.2 Å². The highest BCUT2D eigenvalue weighted by atomic mass is 35.5. The number of ether oxygens (including phenoxy) is 3. The molecule has 0 aliphatic carbocycles. The van der Waals surface area contributed by atoms with E-state index in [1.807, 2.05) is 0 Å². The summed E-state index contributed by atoms with van der Waals surface area (Å²) in [5.74, 6) is 0.999. The second-order valence-corrected chi connectivity index (χ2v) is 8.27. The Kier molecular flexibility index (Phi) is 5.85. The molecule has 2 aromatic carbocycles. The van der Waals surface area contributed by atoms with Crippen LogP contribution in [0.5, 0.6) is 17.2 Å². The zero-order valence-corrected chi connectivity index (χ0v) is 16.8. The Bertz CT molecular complexity index is 1010. The van der Waals surface area contributed by atoms with E-state index in [0.717, 1.165) is 6.26 Å². The molecule has 0 atom stereocenters. The van der Waals surface area contributed by atoms with Gasteiger partial charge in [0.2, 0.25) is 15.9 Å². The molecular formula is C18H19ClN2O6S. The van der Waals surface area contributed by atoms with Crippen LogP contribution in [0.4, 0.5) is 11.4 Å². The van der Waals surface area contributed by atoms with Crippen LogP contribution in [0, 0.1) is 0 Å². The third-order valence-electron chi connectivity index (χ3n) is 3.80. The number of anilines is 2. The topological polar surface area (TPSA) is 103 Å². The van der Waals surface area contributed by atoms with Gasteiger partial charge in [0.25, 0.3) is 0 Å². The average molecular weight is 427 g/mol. The van der Waals surface area contributed by atoms with Gasteiger partial charge in [0.05, 0.1) is 30.5 Å². The molecule has 0 aromatic heterocycles. The first-order chi connectivity index (χ1) is 13.2. The number of hydrogen-bond donors (Lipinski definition) is 2. The number of nitrogens with one attached hydrogen (secondary N) is 2. The highest BCUT2D eigenvalue weighted by Gasteiger charge is 2.18. The summed E-state index contributed by atoms with van der Waals surface area (Å²) >= 11 is 6.19. The van der Waals surface area contributed by atoms with Gasteiger partial charge >= 0.3 is 0 Å². The number of halogens is 1. The van der Waals surface area contributed by atoms with Gasteiger partial charge in [-0.1, -0.05) is 11.6 Å². The first kappa shape index (κ1) is 20.1. The molecule has 0 unspecified atom stereocenters. The summed E-state index contributed by atoms with van der Waals surface area (Å²) in [5.41, 5.74) is 1.42. The fourth-order valence-electron chi connectivity index (χ4n) is 2.71. The van der Waals surface area contributed by atoms with Crippen LogP contribution in [0.3, 0.4) is 0 Å². The Morgan fingerprint density at radius 3 is 2.68 bits per heavy atom. The number of amides is 1. The maximum absolute atomic E-state index is 12.4. The van der Waals surface area contributed by atoms with Crippen LogP contribution in [0.2, 0.25) is 5.02 Å². The lowest BCUT2D eigenvalue weighted by Crippen LogP contribution is -2.17. The quantitative estimate of drug-likeness (QED) is 0.736. The van der Waals surface area contributed by atoms with E-state index in [-0.39, 0.29) is 23.8 Å². The number of carbonyl (C=O) groups excluding carboxylic acids is 1. The van der Waals surface area contributed by atoms with Gasteiger partial charge in [-0.25, -0.2) is 8.42 Å². The van der Waals surface area contributed by atoms with Crippen molar-refractivity contribution in [2.75, 3.05) is 36.6 Å². The summed E-state index contributed by atoms with van der Waals surface area (Å²) in [6.45, 7) is 0.852. The van der Waals surface area contributed by atoms with Crippen molar-refractivity contribution in [2.45, 2.75) is 6.42 Å². The molecule has 2 aromatic rings. The second kappa shape index (κ2) is 8.15. The Morgan fingerprint density at radius 2 is 1.96 bits per heavy atom. The van der Waals surface area contributed by atoms with Crippen molar-refractivity contribution >= 4 is 38.9 Å². The number of carbonyl (C=O) groups is 1. The first-order valence-electron chi connectivity index (χ1n) is 8.29. The lowest BCUT2D eigenvalue weighted by atomic mass is 10.1. The Morgan fingerprint density at radius 1 is 1.21 bits per heavy atom. The van der Waals surface area contributed by atoms with Crippen LogP contribution in [0.1, 0.15) is 5.56 Å². The fourth-order valence-corrected chi connectivity index (χ4v) is 3.57. The highest BCUT2D eigenvalue weighted by Crippen LogP contribution is 2.38. The minimum atomic E-state index is -3.45. The van der Waals surface area contributed by atoms with Crippen molar-refractivity contribution in [3.05, 3.63) is 40.9 Å². The maximum Gasteiger partial charge on any atom is 0.229 e. The van der Waals surface area contributed by atoms with Crippen molar-refractivity contribution in [3.63, 3.8) is 0 Å². The molecule has 8 nitrogen and oxygen atoms in total. The molecule has 1 aliphatic heterocycles. The molecule has 1 amide bonds. The zero-order chi connectivity index (χ0) is 20.3. The molecule has 0 spiro atoms. The predicted molar refractivity (Wildman–Crippen MR) is 106 cm³/mol. The number of sulfonamides is 1. The number of fused-ring (bicyclic) bond motifs is 1.